The molecule has 1 aliphatic heterocycles. The first kappa shape index (κ1) is 29.6. The molecule has 232 valence electrons. The average molecular weight is 600 g/mol. The number of aromatic nitrogens is 5. The summed E-state index contributed by atoms with van der Waals surface area (Å²) in [5, 5.41) is 3.32. The molecule has 1 saturated carbocycles. The molecule has 4 heterocycles. The van der Waals surface area contributed by atoms with Crippen LogP contribution in [0.2, 0.25) is 0 Å². The number of benzene rings is 1. The molecule has 1 saturated heterocycles. The highest BCUT2D eigenvalue weighted by molar-refractivity contribution is 5.85. The maximum absolute atomic E-state index is 12.4. The lowest BCUT2D eigenvalue weighted by Gasteiger charge is -2.35. The number of hydrogen-bond donors (Lipinski definition) is 2. The predicted molar refractivity (Wildman–Crippen MR) is 170 cm³/mol. The van der Waals surface area contributed by atoms with Gasteiger partial charge in [0.25, 0.3) is 0 Å². The number of hydrogen-bond acceptors (Lipinski definition) is 10. The fourth-order valence-corrected chi connectivity index (χ4v) is 5.46. The average Bonchev–Trinajstić information content (AvgIpc) is 3.72. The monoisotopic (exact) mass is 599 g/mol. The van der Waals surface area contributed by atoms with Crippen molar-refractivity contribution >= 4 is 34.7 Å². The molecule has 1 aromatic carbocycles. The molecular formula is C32H41N9O3. The predicted octanol–water partition coefficient (Wildman–Crippen LogP) is 5.07. The number of ether oxygens (including phenoxy) is 2. The normalized spacial score (nSPS) is 15.8. The first-order chi connectivity index (χ1) is 21.1. The minimum Gasteiger partial charge on any atom is -0.491 e. The number of nitrogens with zero attached hydrogens (tertiary/aromatic N) is 7. The number of aromatic amines is 1. The third-order valence-electron chi connectivity index (χ3n) is 7.84. The van der Waals surface area contributed by atoms with E-state index >= 15 is 0 Å². The van der Waals surface area contributed by atoms with Gasteiger partial charge in [0.1, 0.15) is 23.4 Å². The molecule has 0 spiro atoms. The van der Waals surface area contributed by atoms with Gasteiger partial charge in [-0.05, 0) is 69.4 Å². The highest BCUT2D eigenvalue weighted by atomic mass is 16.6. The first-order valence-corrected chi connectivity index (χ1v) is 15.2. The van der Waals surface area contributed by atoms with Crippen LogP contribution < -0.4 is 15.0 Å². The molecule has 12 heteroatoms. The van der Waals surface area contributed by atoms with E-state index in [4.69, 9.17) is 14.5 Å². The summed E-state index contributed by atoms with van der Waals surface area (Å²) in [6.07, 6.45) is 5.69. The molecule has 2 N–H and O–H groups in total. The lowest BCUT2D eigenvalue weighted by Crippen LogP contribution is -2.49. The second-order valence-electron chi connectivity index (χ2n) is 12.6. The number of fused-ring (bicyclic) bond motifs is 1. The second kappa shape index (κ2) is 12.3. The van der Waals surface area contributed by atoms with Crippen molar-refractivity contribution < 1.29 is 14.3 Å². The Hall–Kier alpha value is -4.45. The fraction of sp³-hybridized carbons (Fsp3) is 0.469. The number of anilines is 3. The van der Waals surface area contributed by atoms with Crippen molar-refractivity contribution in [3.05, 3.63) is 48.4 Å². The fourth-order valence-electron chi connectivity index (χ4n) is 5.46. The van der Waals surface area contributed by atoms with Crippen LogP contribution in [0, 0.1) is 5.92 Å². The van der Waals surface area contributed by atoms with Gasteiger partial charge in [0.15, 0.2) is 11.6 Å². The van der Waals surface area contributed by atoms with Gasteiger partial charge in [-0.3, -0.25) is 4.90 Å². The zero-order valence-electron chi connectivity index (χ0n) is 26.1. The van der Waals surface area contributed by atoms with Crippen LogP contribution in [0.4, 0.5) is 22.4 Å². The molecule has 3 aromatic heterocycles. The first-order valence-electron chi connectivity index (χ1n) is 15.2. The van der Waals surface area contributed by atoms with E-state index in [-0.39, 0.29) is 6.09 Å². The van der Waals surface area contributed by atoms with Gasteiger partial charge in [0, 0.05) is 58.1 Å². The standard InChI is InChI=1S/C32H41N9O3/c1-32(2,3)44-31(42)41-14-12-40(13-15-41)19-22-10-11-33-26(16-22)38-30-36-24-9-8-23(17-25(24)37-30)27-28(43-5)29(35-20-34-27)39(4)18-21-6-7-21/h8-11,16-17,20-21H,6-7,12-15,18-19H2,1-5H3,(H2,33,36,37,38). The van der Waals surface area contributed by atoms with Crippen LogP contribution in [-0.4, -0.2) is 93.3 Å². The smallest absolute Gasteiger partial charge is 0.410 e. The third kappa shape index (κ3) is 7.02. The molecule has 4 aromatic rings. The lowest BCUT2D eigenvalue weighted by molar-refractivity contribution is 0.0139. The summed E-state index contributed by atoms with van der Waals surface area (Å²) in [7, 11) is 3.72. The number of nitrogens with one attached hydrogen (secondary N) is 2. The van der Waals surface area contributed by atoms with Gasteiger partial charge in [0.05, 0.1) is 18.1 Å². The van der Waals surface area contributed by atoms with Crippen LogP contribution in [-0.2, 0) is 11.3 Å². The number of carbonyl (C=O) groups is 1. The Morgan fingerprint density at radius 2 is 1.89 bits per heavy atom. The van der Waals surface area contributed by atoms with Crippen LogP contribution in [0.3, 0.4) is 0 Å². The van der Waals surface area contributed by atoms with E-state index in [1.165, 1.54) is 12.8 Å². The summed E-state index contributed by atoms with van der Waals surface area (Å²) in [6.45, 7) is 10.2. The Bertz CT molecular complexity index is 1620. The summed E-state index contributed by atoms with van der Waals surface area (Å²) in [5.41, 5.74) is 4.00. The van der Waals surface area contributed by atoms with E-state index in [1.807, 2.05) is 51.1 Å². The number of pyridine rings is 1. The van der Waals surface area contributed by atoms with Gasteiger partial charge in [-0.25, -0.2) is 24.7 Å². The van der Waals surface area contributed by atoms with E-state index < -0.39 is 5.60 Å². The van der Waals surface area contributed by atoms with Gasteiger partial charge >= 0.3 is 6.09 Å². The van der Waals surface area contributed by atoms with Crippen molar-refractivity contribution in [1.82, 2.24) is 34.7 Å². The van der Waals surface area contributed by atoms with Crippen molar-refractivity contribution in [1.29, 1.82) is 0 Å². The number of amides is 1. The Balaban J connectivity index is 1.11. The van der Waals surface area contributed by atoms with Gasteiger partial charge < -0.3 is 29.6 Å². The van der Waals surface area contributed by atoms with Crippen molar-refractivity contribution in [3.63, 3.8) is 0 Å². The van der Waals surface area contributed by atoms with Crippen molar-refractivity contribution in [2.24, 2.45) is 5.92 Å². The number of piperazine rings is 1. The van der Waals surface area contributed by atoms with Crippen LogP contribution in [0.1, 0.15) is 39.2 Å². The van der Waals surface area contributed by atoms with Gasteiger partial charge in [-0.1, -0.05) is 6.07 Å². The Morgan fingerprint density at radius 3 is 2.61 bits per heavy atom. The summed E-state index contributed by atoms with van der Waals surface area (Å²) in [4.78, 5) is 40.4. The molecule has 2 aliphatic rings. The molecule has 0 atom stereocenters. The molecule has 1 aliphatic carbocycles. The molecule has 1 amide bonds. The Labute approximate surface area is 257 Å². The number of carbonyl (C=O) groups excluding carboxylic acids is 1. The Morgan fingerprint density at radius 1 is 1.09 bits per heavy atom. The summed E-state index contributed by atoms with van der Waals surface area (Å²) in [6, 6.07) is 10.1. The topological polar surface area (TPSA) is 125 Å². The second-order valence-corrected chi connectivity index (χ2v) is 12.6. The molecule has 0 bridgehead atoms. The minimum atomic E-state index is -0.489. The van der Waals surface area contributed by atoms with Gasteiger partial charge in [0.2, 0.25) is 5.95 Å². The molecule has 6 rings (SSSR count). The van der Waals surface area contributed by atoms with Crippen LogP contribution >= 0.6 is 0 Å². The number of H-pyrrole nitrogens is 1. The lowest BCUT2D eigenvalue weighted by atomic mass is 10.1. The van der Waals surface area contributed by atoms with Crippen molar-refractivity contribution in [2.75, 3.05) is 57.1 Å². The Kier molecular flexibility index (Phi) is 8.26. The number of rotatable bonds is 9. The van der Waals surface area contributed by atoms with E-state index in [9.17, 15) is 4.79 Å². The molecule has 44 heavy (non-hydrogen) atoms. The van der Waals surface area contributed by atoms with E-state index in [1.54, 1.807) is 24.5 Å². The highest BCUT2D eigenvalue weighted by Gasteiger charge is 2.27. The van der Waals surface area contributed by atoms with Crippen LogP contribution in [0.25, 0.3) is 22.3 Å². The van der Waals surface area contributed by atoms with Crippen molar-refractivity contribution in [3.8, 4) is 17.0 Å². The zero-order chi connectivity index (χ0) is 30.8. The zero-order valence-corrected chi connectivity index (χ0v) is 26.1. The van der Waals surface area contributed by atoms with E-state index in [2.05, 4.69) is 42.1 Å². The molecular weight excluding hydrogens is 558 g/mol. The summed E-state index contributed by atoms with van der Waals surface area (Å²) < 4.78 is 11.3. The maximum Gasteiger partial charge on any atom is 0.410 e. The quantitative estimate of drug-likeness (QED) is 0.270. The van der Waals surface area contributed by atoms with Crippen LogP contribution in [0.5, 0.6) is 5.75 Å². The highest BCUT2D eigenvalue weighted by Crippen LogP contribution is 2.38. The number of methoxy groups -OCH3 is 1. The molecule has 12 nitrogen and oxygen atoms in total. The largest absolute Gasteiger partial charge is 0.491 e. The molecule has 0 radical (unpaired) electrons. The maximum atomic E-state index is 12.4. The molecule has 0 unspecified atom stereocenters. The summed E-state index contributed by atoms with van der Waals surface area (Å²) >= 11 is 0. The third-order valence-corrected chi connectivity index (χ3v) is 7.84. The van der Waals surface area contributed by atoms with Gasteiger partial charge in [-0.15, -0.1) is 0 Å². The number of imidazole rings is 1. The SMILES string of the molecule is COc1c(-c2ccc3nc(Nc4cc(CN5CCN(C(=O)OC(C)(C)C)CC5)ccn4)[nH]c3c2)ncnc1N(C)CC1CC1. The van der Waals surface area contributed by atoms with Crippen LogP contribution in [0.15, 0.2) is 42.9 Å². The molecule has 2 fully saturated rings. The van der Waals surface area contributed by atoms with Crippen molar-refractivity contribution in [2.45, 2.75) is 45.8 Å². The van der Waals surface area contributed by atoms with E-state index in [0.29, 0.717) is 30.6 Å². The van der Waals surface area contributed by atoms with E-state index in [0.717, 1.165) is 65.8 Å². The minimum absolute atomic E-state index is 0.247. The summed E-state index contributed by atoms with van der Waals surface area (Å²) in [5.74, 6) is 3.50. The van der Waals surface area contributed by atoms with Gasteiger partial charge in [-0.2, -0.15) is 0 Å².